The maximum atomic E-state index is 11.5. The number of aromatic nitrogens is 1. The Kier molecular flexibility index (Phi) is 7.22. The number of carbonyl (C=O) groups is 1. The van der Waals surface area contributed by atoms with E-state index in [1.165, 1.54) is 0 Å². The van der Waals surface area contributed by atoms with E-state index in [9.17, 15) is 9.90 Å². The largest absolute Gasteiger partial charge is 0.481 e. The number of nitrogens with two attached hydrogens (primary N) is 1. The molecule has 9 heteroatoms. The number of carboxylic acid groups (broad SMARTS) is 1. The smallest absolute Gasteiger partial charge is 0.310 e. The van der Waals surface area contributed by atoms with Crippen LogP contribution >= 0.6 is 0 Å². The number of methoxy groups -OCH3 is 1. The average molecular weight is 390 g/mol. The number of aliphatic carboxylic acids is 1. The lowest BCUT2D eigenvalue weighted by Crippen LogP contribution is -2.49. The molecule has 1 aromatic heterocycles. The summed E-state index contributed by atoms with van der Waals surface area (Å²) >= 11 is 0. The van der Waals surface area contributed by atoms with E-state index in [1.54, 1.807) is 20.2 Å². The minimum absolute atomic E-state index is 0.408. The molecule has 2 unspecified atom stereocenters. The molecule has 0 radical (unpaired) electrons. The summed E-state index contributed by atoms with van der Waals surface area (Å²) in [4.78, 5) is 22.4. The van der Waals surface area contributed by atoms with Crippen molar-refractivity contribution in [3.8, 4) is 5.88 Å². The monoisotopic (exact) mass is 390 g/mol. The molecule has 9 nitrogen and oxygen atoms in total. The van der Waals surface area contributed by atoms with Crippen molar-refractivity contribution in [1.29, 1.82) is 0 Å². The highest BCUT2D eigenvalue weighted by molar-refractivity contribution is 5.98. The highest BCUT2D eigenvalue weighted by Gasteiger charge is 2.40. The molecular weight excluding hydrogens is 360 g/mol. The third-order valence-corrected chi connectivity index (χ3v) is 4.47. The van der Waals surface area contributed by atoms with Crippen molar-refractivity contribution in [3.63, 3.8) is 0 Å². The van der Waals surface area contributed by atoms with Gasteiger partial charge in [-0.15, -0.1) is 0 Å². The van der Waals surface area contributed by atoms with Crippen molar-refractivity contribution < 1.29 is 14.6 Å². The number of allylic oxidation sites excluding steroid dienone is 1. The number of carboxylic acids is 1. The van der Waals surface area contributed by atoms with Gasteiger partial charge >= 0.3 is 5.97 Å². The molecule has 1 aromatic rings. The van der Waals surface area contributed by atoms with Crippen LogP contribution < -0.4 is 20.8 Å². The van der Waals surface area contributed by atoms with E-state index >= 15 is 0 Å². The van der Waals surface area contributed by atoms with Crippen LogP contribution in [0.1, 0.15) is 39.3 Å². The van der Waals surface area contributed by atoms with E-state index in [-0.39, 0.29) is 0 Å². The number of hydrogen-bond donors (Lipinski definition) is 3. The van der Waals surface area contributed by atoms with E-state index in [2.05, 4.69) is 15.4 Å². The van der Waals surface area contributed by atoms with Crippen LogP contribution in [0.5, 0.6) is 5.88 Å². The van der Waals surface area contributed by atoms with E-state index in [4.69, 9.17) is 10.5 Å². The number of anilines is 1. The number of ether oxygens (including phenoxy) is 1. The number of aliphatic imine (C=N–C) groups is 1. The maximum absolute atomic E-state index is 11.5. The van der Waals surface area contributed by atoms with Gasteiger partial charge in [0.1, 0.15) is 17.5 Å². The SMILES string of the molecule is CC.COc1nc(C2=NC3C(C(=O)O)CCCN3N2)ccc1N(C)/C=C(/C)N. The van der Waals surface area contributed by atoms with Gasteiger partial charge in [-0.2, -0.15) is 5.01 Å². The lowest BCUT2D eigenvalue weighted by atomic mass is 9.96. The van der Waals surface area contributed by atoms with E-state index < -0.39 is 18.1 Å². The Bertz CT molecular complexity index is 760. The summed E-state index contributed by atoms with van der Waals surface area (Å²) in [5, 5.41) is 11.3. The zero-order chi connectivity index (χ0) is 20.8. The summed E-state index contributed by atoms with van der Waals surface area (Å²) < 4.78 is 5.41. The highest BCUT2D eigenvalue weighted by atomic mass is 16.5. The van der Waals surface area contributed by atoms with E-state index in [0.29, 0.717) is 29.5 Å². The van der Waals surface area contributed by atoms with Gasteiger partial charge in [0.05, 0.1) is 13.0 Å². The molecule has 1 fully saturated rings. The molecule has 0 amide bonds. The van der Waals surface area contributed by atoms with Crippen molar-refractivity contribution in [2.45, 2.75) is 39.8 Å². The fourth-order valence-electron chi connectivity index (χ4n) is 3.29. The van der Waals surface area contributed by atoms with Gasteiger partial charge in [-0.25, -0.2) is 9.98 Å². The molecule has 0 aliphatic carbocycles. The van der Waals surface area contributed by atoms with Crippen LogP contribution in [-0.4, -0.2) is 53.8 Å². The van der Waals surface area contributed by atoms with Crippen molar-refractivity contribution in [2.24, 2.45) is 16.6 Å². The Hall–Kier alpha value is -2.81. The quantitative estimate of drug-likeness (QED) is 0.696. The van der Waals surface area contributed by atoms with Crippen molar-refractivity contribution in [2.75, 3.05) is 25.6 Å². The molecule has 0 saturated carbocycles. The predicted octanol–water partition coefficient (Wildman–Crippen LogP) is 1.76. The van der Waals surface area contributed by atoms with E-state index in [1.807, 2.05) is 42.9 Å². The Balaban J connectivity index is 0.00000136. The number of piperidine rings is 1. The summed E-state index contributed by atoms with van der Waals surface area (Å²) in [6.45, 7) is 6.55. The second-order valence-corrected chi connectivity index (χ2v) is 6.49. The van der Waals surface area contributed by atoms with Crippen LogP contribution in [0.4, 0.5) is 5.69 Å². The van der Waals surface area contributed by atoms with Crippen LogP contribution in [0.2, 0.25) is 0 Å². The summed E-state index contributed by atoms with van der Waals surface area (Å²) in [7, 11) is 3.41. The molecule has 0 bridgehead atoms. The first-order chi connectivity index (χ1) is 13.4. The van der Waals surface area contributed by atoms with Gasteiger partial charge in [0, 0.05) is 25.5 Å². The Labute approximate surface area is 165 Å². The standard InChI is InChI=1S/C17H24N6O3.C2H6/c1-10(18)9-22(2)13-7-6-12(19-16(13)26-3)14-20-15-11(17(24)25)5-4-8-23(15)21-14;1-2/h6-7,9,11,15H,4-5,8,18H2,1-3H3,(H,20,21)(H,24,25);1-2H3/b10-9-;. The highest BCUT2D eigenvalue weighted by Crippen LogP contribution is 2.29. The molecule has 2 aliphatic heterocycles. The van der Waals surface area contributed by atoms with Gasteiger partial charge in [-0.05, 0) is 31.9 Å². The van der Waals surface area contributed by atoms with Gasteiger partial charge in [-0.1, -0.05) is 13.8 Å². The van der Waals surface area contributed by atoms with Gasteiger partial charge in [-0.3, -0.25) is 10.2 Å². The Morgan fingerprint density at radius 2 is 2.18 bits per heavy atom. The predicted molar refractivity (Wildman–Crippen MR) is 109 cm³/mol. The van der Waals surface area contributed by atoms with Crippen LogP contribution in [-0.2, 0) is 4.79 Å². The van der Waals surface area contributed by atoms with Crippen LogP contribution in [0, 0.1) is 5.92 Å². The summed E-state index contributed by atoms with van der Waals surface area (Å²) in [5.74, 6) is -0.343. The summed E-state index contributed by atoms with van der Waals surface area (Å²) in [6.07, 6.45) is 2.81. The van der Waals surface area contributed by atoms with Gasteiger partial charge in [0.25, 0.3) is 0 Å². The number of pyridine rings is 1. The molecule has 0 spiro atoms. The summed E-state index contributed by atoms with van der Waals surface area (Å²) in [5.41, 5.74) is 10.9. The molecule has 3 rings (SSSR count). The molecule has 2 aliphatic rings. The zero-order valence-corrected chi connectivity index (χ0v) is 17.1. The fourth-order valence-corrected chi connectivity index (χ4v) is 3.29. The molecule has 3 heterocycles. The minimum atomic E-state index is -0.821. The van der Waals surface area contributed by atoms with Gasteiger partial charge in [0.15, 0.2) is 5.84 Å². The van der Waals surface area contributed by atoms with Gasteiger partial charge in [0.2, 0.25) is 5.88 Å². The Morgan fingerprint density at radius 3 is 2.79 bits per heavy atom. The number of nitrogens with one attached hydrogen (secondary N) is 1. The molecule has 0 aromatic carbocycles. The lowest BCUT2D eigenvalue weighted by Gasteiger charge is -2.31. The summed E-state index contributed by atoms with van der Waals surface area (Å²) in [6, 6.07) is 3.70. The first kappa shape index (κ1) is 21.5. The third-order valence-electron chi connectivity index (χ3n) is 4.47. The molecule has 1 saturated heterocycles. The van der Waals surface area contributed by atoms with E-state index in [0.717, 1.165) is 18.7 Å². The van der Waals surface area contributed by atoms with Crippen molar-refractivity contribution in [1.82, 2.24) is 15.4 Å². The topological polar surface area (TPSA) is 116 Å². The molecular formula is C19H30N6O3. The second-order valence-electron chi connectivity index (χ2n) is 6.49. The average Bonchev–Trinajstić information content (AvgIpc) is 3.12. The minimum Gasteiger partial charge on any atom is -0.481 e. The maximum Gasteiger partial charge on any atom is 0.310 e. The van der Waals surface area contributed by atoms with Crippen molar-refractivity contribution in [3.05, 3.63) is 29.7 Å². The van der Waals surface area contributed by atoms with Crippen LogP contribution in [0.15, 0.2) is 29.0 Å². The van der Waals surface area contributed by atoms with Crippen LogP contribution in [0.25, 0.3) is 0 Å². The fraction of sp³-hybridized carbons (Fsp3) is 0.526. The number of amidine groups is 1. The normalized spacial score (nSPS) is 21.6. The first-order valence-corrected chi connectivity index (χ1v) is 9.46. The first-order valence-electron chi connectivity index (χ1n) is 9.46. The Morgan fingerprint density at radius 1 is 1.46 bits per heavy atom. The number of nitrogens with zero attached hydrogens (tertiary/aromatic N) is 4. The molecule has 28 heavy (non-hydrogen) atoms. The number of hydrogen-bond acceptors (Lipinski definition) is 8. The third kappa shape index (κ3) is 4.53. The lowest BCUT2D eigenvalue weighted by molar-refractivity contribution is -0.146. The number of hydrazine groups is 1. The van der Waals surface area contributed by atoms with Crippen molar-refractivity contribution >= 4 is 17.5 Å². The van der Waals surface area contributed by atoms with Gasteiger partial charge < -0.3 is 20.5 Å². The van der Waals surface area contributed by atoms with Crippen LogP contribution in [0.3, 0.4) is 0 Å². The molecule has 4 N–H and O–H groups in total. The molecule has 154 valence electrons. The number of rotatable bonds is 5. The number of fused-ring (bicyclic) bond motifs is 1. The molecule has 2 atom stereocenters. The second kappa shape index (κ2) is 9.41. The zero-order valence-electron chi connectivity index (χ0n) is 17.1.